The second kappa shape index (κ2) is 6.39. The molecule has 1 fully saturated rings. The van der Waals surface area contributed by atoms with Gasteiger partial charge in [0, 0.05) is 38.2 Å². The molecule has 1 N–H and O–H groups in total. The van der Waals surface area contributed by atoms with Gasteiger partial charge < -0.3 is 15.1 Å². The third-order valence-corrected chi connectivity index (χ3v) is 3.75. The second-order valence-corrected chi connectivity index (χ2v) is 6.13. The topological polar surface area (TPSA) is 44.3 Å². The van der Waals surface area contributed by atoms with E-state index in [1.807, 2.05) is 7.05 Å². The Bertz CT molecular complexity index is 444. The molecule has 0 radical (unpaired) electrons. The van der Waals surface area contributed by atoms with Gasteiger partial charge in [-0.1, -0.05) is 13.8 Å². The predicted octanol–water partition coefficient (Wildman–Crippen LogP) is 2.17. The summed E-state index contributed by atoms with van der Waals surface area (Å²) in [5.74, 6) is 3.24. The Balaban J connectivity index is 2.28. The number of likely N-dealkylation sites (N-methyl/N-ethyl adjacent to an activating group) is 1. The van der Waals surface area contributed by atoms with Crippen molar-refractivity contribution in [1.29, 1.82) is 0 Å². The van der Waals surface area contributed by atoms with Crippen LogP contribution < -0.4 is 10.2 Å². The highest BCUT2D eigenvalue weighted by atomic mass is 15.3. The van der Waals surface area contributed by atoms with Gasteiger partial charge in [-0.2, -0.15) is 0 Å². The standard InChI is InChI=1S/C15H27N5/c1-11(2)15-17-13(16-3)9-14(18-15)20-8-6-7-12(20)10-19(4)5/h9,11-12H,6-8,10H2,1-5H3,(H,16,17,18). The van der Waals surface area contributed by atoms with Crippen molar-refractivity contribution < 1.29 is 0 Å². The highest BCUT2D eigenvalue weighted by Gasteiger charge is 2.27. The first-order chi connectivity index (χ1) is 9.51. The summed E-state index contributed by atoms with van der Waals surface area (Å²) in [7, 11) is 6.18. The molecule has 5 heteroatoms. The number of nitrogens with zero attached hydrogens (tertiary/aromatic N) is 4. The number of nitrogens with one attached hydrogen (secondary N) is 1. The van der Waals surface area contributed by atoms with E-state index in [9.17, 15) is 0 Å². The maximum absolute atomic E-state index is 4.78. The van der Waals surface area contributed by atoms with E-state index in [0.29, 0.717) is 12.0 Å². The zero-order chi connectivity index (χ0) is 14.7. The van der Waals surface area contributed by atoms with Crippen LogP contribution in [0.2, 0.25) is 0 Å². The third kappa shape index (κ3) is 3.39. The first kappa shape index (κ1) is 15.0. The van der Waals surface area contributed by atoms with Crippen LogP contribution in [-0.4, -0.2) is 55.1 Å². The van der Waals surface area contributed by atoms with Crippen molar-refractivity contribution >= 4 is 11.6 Å². The van der Waals surface area contributed by atoms with E-state index < -0.39 is 0 Å². The van der Waals surface area contributed by atoms with Gasteiger partial charge >= 0.3 is 0 Å². The van der Waals surface area contributed by atoms with Gasteiger partial charge in [0.05, 0.1) is 0 Å². The molecule has 0 spiro atoms. The summed E-state index contributed by atoms with van der Waals surface area (Å²) in [5.41, 5.74) is 0. The van der Waals surface area contributed by atoms with Crippen LogP contribution >= 0.6 is 0 Å². The fourth-order valence-electron chi connectivity index (χ4n) is 2.73. The monoisotopic (exact) mass is 277 g/mol. The number of rotatable bonds is 5. The molecule has 1 unspecified atom stereocenters. The Morgan fingerprint density at radius 3 is 2.75 bits per heavy atom. The van der Waals surface area contributed by atoms with Crippen LogP contribution in [0.4, 0.5) is 11.6 Å². The zero-order valence-electron chi connectivity index (χ0n) is 13.3. The molecule has 2 rings (SSSR count). The molecule has 2 heterocycles. The van der Waals surface area contributed by atoms with Crippen molar-refractivity contribution in [1.82, 2.24) is 14.9 Å². The minimum Gasteiger partial charge on any atom is -0.373 e. The smallest absolute Gasteiger partial charge is 0.135 e. The molecule has 1 aliphatic rings. The summed E-state index contributed by atoms with van der Waals surface area (Å²) in [6.07, 6.45) is 2.49. The largest absolute Gasteiger partial charge is 0.373 e. The lowest BCUT2D eigenvalue weighted by Gasteiger charge is -2.28. The second-order valence-electron chi connectivity index (χ2n) is 6.13. The van der Waals surface area contributed by atoms with Crippen molar-refractivity contribution in [2.24, 2.45) is 0 Å². The Hall–Kier alpha value is -1.36. The molecule has 5 nitrogen and oxygen atoms in total. The molecule has 0 saturated carbocycles. The zero-order valence-corrected chi connectivity index (χ0v) is 13.3. The van der Waals surface area contributed by atoms with Crippen LogP contribution in [0.5, 0.6) is 0 Å². The molecule has 0 amide bonds. The molecular weight excluding hydrogens is 250 g/mol. The molecule has 1 aromatic heterocycles. The molecule has 1 saturated heterocycles. The van der Waals surface area contributed by atoms with Crippen LogP contribution in [0.25, 0.3) is 0 Å². The number of anilines is 2. The lowest BCUT2D eigenvalue weighted by Crippen LogP contribution is -2.38. The van der Waals surface area contributed by atoms with Gasteiger partial charge in [-0.15, -0.1) is 0 Å². The van der Waals surface area contributed by atoms with Crippen LogP contribution in [-0.2, 0) is 0 Å². The lowest BCUT2D eigenvalue weighted by atomic mass is 10.2. The van der Waals surface area contributed by atoms with Crippen molar-refractivity contribution in [2.75, 3.05) is 44.4 Å². The van der Waals surface area contributed by atoms with E-state index in [-0.39, 0.29) is 0 Å². The molecule has 0 bridgehead atoms. The van der Waals surface area contributed by atoms with Crippen molar-refractivity contribution in [2.45, 2.75) is 38.6 Å². The minimum atomic E-state index is 0.344. The van der Waals surface area contributed by atoms with Crippen molar-refractivity contribution in [3.8, 4) is 0 Å². The molecule has 1 atom stereocenters. The predicted molar refractivity (Wildman–Crippen MR) is 84.6 cm³/mol. The van der Waals surface area contributed by atoms with Crippen LogP contribution in [0.15, 0.2) is 6.07 Å². The number of aromatic nitrogens is 2. The third-order valence-electron chi connectivity index (χ3n) is 3.75. The van der Waals surface area contributed by atoms with Crippen LogP contribution in [0.1, 0.15) is 38.4 Å². The van der Waals surface area contributed by atoms with E-state index in [1.165, 1.54) is 12.8 Å². The summed E-state index contributed by atoms with van der Waals surface area (Å²) in [6, 6.07) is 2.63. The van der Waals surface area contributed by atoms with Gasteiger partial charge in [-0.25, -0.2) is 9.97 Å². The van der Waals surface area contributed by atoms with Crippen LogP contribution in [0.3, 0.4) is 0 Å². The Morgan fingerprint density at radius 1 is 1.40 bits per heavy atom. The Kier molecular flexibility index (Phi) is 4.81. The van der Waals surface area contributed by atoms with E-state index >= 15 is 0 Å². The number of hydrogen-bond donors (Lipinski definition) is 1. The Labute approximate surface area is 122 Å². The van der Waals surface area contributed by atoms with Gasteiger partial charge in [0.25, 0.3) is 0 Å². The van der Waals surface area contributed by atoms with Crippen molar-refractivity contribution in [3.63, 3.8) is 0 Å². The van der Waals surface area contributed by atoms with E-state index in [2.05, 4.69) is 54.1 Å². The van der Waals surface area contributed by atoms with Gasteiger partial charge in [0.1, 0.15) is 17.5 Å². The summed E-state index contributed by atoms with van der Waals surface area (Å²) in [5, 5.41) is 3.15. The molecule has 112 valence electrons. The minimum absolute atomic E-state index is 0.344. The first-order valence-electron chi connectivity index (χ1n) is 7.49. The molecule has 20 heavy (non-hydrogen) atoms. The molecular formula is C15H27N5. The number of hydrogen-bond acceptors (Lipinski definition) is 5. The normalized spacial score (nSPS) is 19.1. The lowest BCUT2D eigenvalue weighted by molar-refractivity contribution is 0.371. The van der Waals surface area contributed by atoms with E-state index in [0.717, 1.165) is 30.5 Å². The highest BCUT2D eigenvalue weighted by Crippen LogP contribution is 2.27. The Morgan fingerprint density at radius 2 is 2.15 bits per heavy atom. The van der Waals surface area contributed by atoms with Crippen molar-refractivity contribution in [3.05, 3.63) is 11.9 Å². The van der Waals surface area contributed by atoms with E-state index in [1.54, 1.807) is 0 Å². The summed E-state index contributed by atoms with van der Waals surface area (Å²) in [6.45, 7) is 6.45. The summed E-state index contributed by atoms with van der Waals surface area (Å²) >= 11 is 0. The maximum Gasteiger partial charge on any atom is 0.135 e. The quantitative estimate of drug-likeness (QED) is 0.893. The van der Waals surface area contributed by atoms with E-state index in [4.69, 9.17) is 4.98 Å². The highest BCUT2D eigenvalue weighted by molar-refractivity contribution is 5.50. The molecule has 0 aliphatic carbocycles. The first-order valence-corrected chi connectivity index (χ1v) is 7.49. The van der Waals surface area contributed by atoms with Gasteiger partial charge in [0.2, 0.25) is 0 Å². The molecule has 1 aliphatic heterocycles. The van der Waals surface area contributed by atoms with Gasteiger partial charge in [-0.05, 0) is 26.9 Å². The average molecular weight is 277 g/mol. The van der Waals surface area contributed by atoms with Gasteiger partial charge in [-0.3, -0.25) is 0 Å². The fraction of sp³-hybridized carbons (Fsp3) is 0.733. The summed E-state index contributed by atoms with van der Waals surface area (Å²) in [4.78, 5) is 14.0. The summed E-state index contributed by atoms with van der Waals surface area (Å²) < 4.78 is 0. The molecule has 0 aromatic carbocycles. The average Bonchev–Trinajstić information content (AvgIpc) is 2.85. The van der Waals surface area contributed by atoms with Crippen LogP contribution in [0, 0.1) is 0 Å². The van der Waals surface area contributed by atoms with Gasteiger partial charge in [0.15, 0.2) is 0 Å². The fourth-order valence-corrected chi connectivity index (χ4v) is 2.73. The maximum atomic E-state index is 4.78. The SMILES string of the molecule is CNc1cc(N2CCCC2CN(C)C)nc(C(C)C)n1. The molecule has 1 aromatic rings.